The standard InChI is InChI=1S/C15H17BrFN3O/c1-15(2,3)19-8-11-7-18-9-14(20-11)21-13-6-10(17)4-5-12(13)16/h4-7,9,19H,8H2,1-3H3. The molecule has 0 aliphatic rings. The summed E-state index contributed by atoms with van der Waals surface area (Å²) in [5, 5.41) is 3.32. The van der Waals surface area contributed by atoms with Gasteiger partial charge in [0.05, 0.1) is 16.4 Å². The number of hydrogen-bond acceptors (Lipinski definition) is 4. The van der Waals surface area contributed by atoms with Crippen molar-refractivity contribution in [3.8, 4) is 11.6 Å². The molecule has 0 unspecified atom stereocenters. The molecule has 0 amide bonds. The minimum atomic E-state index is -0.369. The Balaban J connectivity index is 2.12. The topological polar surface area (TPSA) is 47.0 Å². The summed E-state index contributed by atoms with van der Waals surface area (Å²) in [5.74, 6) is 0.325. The molecule has 0 spiro atoms. The van der Waals surface area contributed by atoms with E-state index in [0.29, 0.717) is 22.6 Å². The molecular weight excluding hydrogens is 337 g/mol. The van der Waals surface area contributed by atoms with Gasteiger partial charge in [-0.15, -0.1) is 0 Å². The Labute approximate surface area is 131 Å². The Bertz CT molecular complexity index is 629. The van der Waals surface area contributed by atoms with E-state index < -0.39 is 0 Å². The third kappa shape index (κ3) is 5.06. The molecule has 0 aliphatic heterocycles. The van der Waals surface area contributed by atoms with Crippen LogP contribution >= 0.6 is 15.9 Å². The second kappa shape index (κ2) is 6.49. The van der Waals surface area contributed by atoms with Gasteiger partial charge in [-0.3, -0.25) is 4.98 Å². The Kier molecular flexibility index (Phi) is 4.90. The lowest BCUT2D eigenvalue weighted by molar-refractivity contribution is 0.414. The highest BCUT2D eigenvalue weighted by molar-refractivity contribution is 9.10. The molecule has 2 rings (SSSR count). The van der Waals surface area contributed by atoms with Crippen molar-refractivity contribution >= 4 is 15.9 Å². The number of aromatic nitrogens is 2. The van der Waals surface area contributed by atoms with E-state index in [-0.39, 0.29) is 11.4 Å². The van der Waals surface area contributed by atoms with E-state index in [1.165, 1.54) is 18.3 Å². The van der Waals surface area contributed by atoms with Gasteiger partial charge in [0.25, 0.3) is 0 Å². The molecule has 1 aromatic carbocycles. The molecule has 1 aromatic heterocycles. The zero-order valence-corrected chi connectivity index (χ0v) is 13.7. The fourth-order valence-electron chi connectivity index (χ4n) is 1.54. The first kappa shape index (κ1) is 15.9. The fraction of sp³-hybridized carbons (Fsp3) is 0.333. The molecule has 0 atom stereocenters. The van der Waals surface area contributed by atoms with Crippen LogP contribution in [-0.4, -0.2) is 15.5 Å². The number of rotatable bonds is 4. The zero-order valence-electron chi connectivity index (χ0n) is 12.2. The minimum absolute atomic E-state index is 0.00979. The van der Waals surface area contributed by atoms with Crippen LogP contribution in [-0.2, 0) is 6.54 Å². The molecular formula is C15H17BrFN3O. The van der Waals surface area contributed by atoms with E-state index in [0.717, 1.165) is 5.69 Å². The molecule has 0 saturated carbocycles. The summed E-state index contributed by atoms with van der Waals surface area (Å²) in [6.45, 7) is 6.80. The molecule has 1 N–H and O–H groups in total. The normalized spacial score (nSPS) is 11.5. The second-order valence-corrected chi connectivity index (χ2v) is 6.48. The molecule has 6 heteroatoms. The van der Waals surface area contributed by atoms with Gasteiger partial charge in [0, 0.05) is 24.3 Å². The average molecular weight is 354 g/mol. The summed E-state index contributed by atoms with van der Waals surface area (Å²) in [6, 6.07) is 4.24. The minimum Gasteiger partial charge on any atom is -0.436 e. The number of benzene rings is 1. The molecule has 1 heterocycles. The van der Waals surface area contributed by atoms with E-state index >= 15 is 0 Å². The van der Waals surface area contributed by atoms with Gasteiger partial charge in [0.15, 0.2) is 0 Å². The highest BCUT2D eigenvalue weighted by atomic mass is 79.9. The van der Waals surface area contributed by atoms with E-state index in [2.05, 4.69) is 52.0 Å². The quantitative estimate of drug-likeness (QED) is 0.900. The maximum absolute atomic E-state index is 13.2. The molecule has 0 bridgehead atoms. The van der Waals surface area contributed by atoms with E-state index in [9.17, 15) is 4.39 Å². The highest BCUT2D eigenvalue weighted by Crippen LogP contribution is 2.29. The van der Waals surface area contributed by atoms with Crippen LogP contribution in [0.25, 0.3) is 0 Å². The van der Waals surface area contributed by atoms with Crippen LogP contribution in [0.4, 0.5) is 4.39 Å². The van der Waals surface area contributed by atoms with Gasteiger partial charge in [0.1, 0.15) is 11.6 Å². The molecule has 0 fully saturated rings. The largest absolute Gasteiger partial charge is 0.436 e. The Morgan fingerprint density at radius 2 is 2.05 bits per heavy atom. The smallest absolute Gasteiger partial charge is 0.238 e. The second-order valence-electron chi connectivity index (χ2n) is 5.63. The van der Waals surface area contributed by atoms with Crippen molar-refractivity contribution in [1.82, 2.24) is 15.3 Å². The molecule has 4 nitrogen and oxygen atoms in total. The van der Waals surface area contributed by atoms with Gasteiger partial charge in [0.2, 0.25) is 5.88 Å². The van der Waals surface area contributed by atoms with Crippen LogP contribution in [0.2, 0.25) is 0 Å². The Morgan fingerprint density at radius 1 is 1.29 bits per heavy atom. The number of ether oxygens (including phenoxy) is 1. The predicted octanol–water partition coefficient (Wildman–Crippen LogP) is 4.06. The van der Waals surface area contributed by atoms with E-state index in [4.69, 9.17) is 4.74 Å². The first-order valence-electron chi connectivity index (χ1n) is 6.52. The van der Waals surface area contributed by atoms with Crippen molar-refractivity contribution in [1.29, 1.82) is 0 Å². The zero-order chi connectivity index (χ0) is 15.5. The van der Waals surface area contributed by atoms with E-state index in [1.54, 1.807) is 12.3 Å². The van der Waals surface area contributed by atoms with Gasteiger partial charge in [-0.25, -0.2) is 9.37 Å². The van der Waals surface area contributed by atoms with Gasteiger partial charge >= 0.3 is 0 Å². The van der Waals surface area contributed by atoms with E-state index in [1.807, 2.05) is 0 Å². The first-order valence-corrected chi connectivity index (χ1v) is 7.32. The summed E-state index contributed by atoms with van der Waals surface area (Å²) in [5.41, 5.74) is 0.749. The predicted molar refractivity (Wildman–Crippen MR) is 82.8 cm³/mol. The summed E-state index contributed by atoms with van der Waals surface area (Å²) < 4.78 is 19.5. The van der Waals surface area contributed by atoms with Crippen molar-refractivity contribution in [2.75, 3.05) is 0 Å². The maximum atomic E-state index is 13.2. The number of hydrogen-bond donors (Lipinski definition) is 1. The van der Waals surface area contributed by atoms with Crippen LogP contribution in [0.5, 0.6) is 11.6 Å². The average Bonchev–Trinajstić information content (AvgIpc) is 2.40. The van der Waals surface area contributed by atoms with Crippen LogP contribution in [0.3, 0.4) is 0 Å². The maximum Gasteiger partial charge on any atom is 0.238 e. The summed E-state index contributed by atoms with van der Waals surface area (Å²) in [6.07, 6.45) is 3.17. The molecule has 0 radical (unpaired) electrons. The van der Waals surface area contributed by atoms with Gasteiger partial charge < -0.3 is 10.1 Å². The van der Waals surface area contributed by atoms with Gasteiger partial charge in [-0.05, 0) is 48.8 Å². The molecule has 21 heavy (non-hydrogen) atoms. The van der Waals surface area contributed by atoms with Crippen molar-refractivity contribution in [2.45, 2.75) is 32.9 Å². The molecule has 112 valence electrons. The molecule has 2 aromatic rings. The van der Waals surface area contributed by atoms with Crippen molar-refractivity contribution in [3.63, 3.8) is 0 Å². The van der Waals surface area contributed by atoms with Gasteiger partial charge in [-0.1, -0.05) is 0 Å². The lowest BCUT2D eigenvalue weighted by Crippen LogP contribution is -2.35. The lowest BCUT2D eigenvalue weighted by atomic mass is 10.1. The molecule has 0 saturated heterocycles. The fourth-order valence-corrected chi connectivity index (χ4v) is 1.87. The monoisotopic (exact) mass is 353 g/mol. The van der Waals surface area contributed by atoms with Gasteiger partial charge in [-0.2, -0.15) is 0 Å². The van der Waals surface area contributed by atoms with Crippen molar-refractivity contribution < 1.29 is 9.13 Å². The number of nitrogens with one attached hydrogen (secondary N) is 1. The molecule has 0 aliphatic carbocycles. The lowest BCUT2D eigenvalue weighted by Gasteiger charge is -2.20. The number of nitrogens with zero attached hydrogens (tertiary/aromatic N) is 2. The summed E-state index contributed by atoms with van der Waals surface area (Å²) in [7, 11) is 0. The summed E-state index contributed by atoms with van der Waals surface area (Å²) in [4.78, 5) is 8.45. The number of halogens is 2. The SMILES string of the molecule is CC(C)(C)NCc1cncc(Oc2cc(F)ccc2Br)n1. The highest BCUT2D eigenvalue weighted by Gasteiger charge is 2.10. The Morgan fingerprint density at radius 3 is 2.76 bits per heavy atom. The van der Waals surface area contributed by atoms with Crippen molar-refractivity contribution in [2.24, 2.45) is 0 Å². The van der Waals surface area contributed by atoms with Crippen LogP contribution in [0.15, 0.2) is 35.1 Å². The third-order valence-electron chi connectivity index (χ3n) is 2.57. The van der Waals surface area contributed by atoms with Crippen LogP contribution in [0, 0.1) is 5.82 Å². The van der Waals surface area contributed by atoms with Crippen LogP contribution in [0.1, 0.15) is 26.5 Å². The first-order chi connectivity index (χ1) is 9.83. The Hall–Kier alpha value is -1.53. The third-order valence-corrected chi connectivity index (χ3v) is 3.23. The van der Waals surface area contributed by atoms with Crippen LogP contribution < -0.4 is 10.1 Å². The van der Waals surface area contributed by atoms with Crippen molar-refractivity contribution in [3.05, 3.63) is 46.6 Å². The summed E-state index contributed by atoms with van der Waals surface area (Å²) >= 11 is 3.31.